The fourth-order valence-electron chi connectivity index (χ4n) is 2.80. The number of fused-ring (bicyclic) bond motifs is 2. The third kappa shape index (κ3) is 1.93. The number of hydrogen-bond donors (Lipinski definition) is 3. The molecule has 3 N–H and O–H groups in total. The number of hydrogen-bond acceptors (Lipinski definition) is 3. The number of aliphatic hydroxyl groups is 1. The highest BCUT2D eigenvalue weighted by Crippen LogP contribution is 2.36. The average molecular weight is 290 g/mol. The molecule has 0 spiro atoms. The van der Waals surface area contributed by atoms with E-state index in [0.717, 1.165) is 33.1 Å². The molecule has 0 aliphatic carbocycles. The van der Waals surface area contributed by atoms with Crippen LogP contribution in [0.5, 0.6) is 5.88 Å². The number of rotatable bonds is 2. The molecule has 4 nitrogen and oxygen atoms in total. The van der Waals surface area contributed by atoms with Crippen LogP contribution >= 0.6 is 0 Å². The van der Waals surface area contributed by atoms with E-state index in [9.17, 15) is 10.2 Å². The lowest BCUT2D eigenvalue weighted by atomic mass is 10.1. The molecule has 2 aromatic heterocycles. The predicted octanol–water partition coefficient (Wildman–Crippen LogP) is 3.58. The summed E-state index contributed by atoms with van der Waals surface area (Å²) in [6.45, 7) is 0.0148. The molecule has 108 valence electrons. The number of benzene rings is 2. The number of nitrogens with one attached hydrogen (secondary N) is 1. The Balaban J connectivity index is 1.94. The molecule has 0 aliphatic rings. The lowest BCUT2D eigenvalue weighted by molar-refractivity contribution is 0.282. The van der Waals surface area contributed by atoms with Gasteiger partial charge in [0.25, 0.3) is 0 Å². The SMILES string of the molecule is OCc1ccc2nc(-c3c(O)[nH]c4ccccc34)ccc2c1. The van der Waals surface area contributed by atoms with Crippen molar-refractivity contribution >= 4 is 21.8 Å². The summed E-state index contributed by atoms with van der Waals surface area (Å²) in [5.41, 5.74) is 4.01. The molecule has 0 saturated carbocycles. The highest BCUT2D eigenvalue weighted by molar-refractivity contribution is 5.99. The number of aliphatic hydroxyl groups excluding tert-OH is 1. The van der Waals surface area contributed by atoms with E-state index < -0.39 is 0 Å². The number of aromatic amines is 1. The van der Waals surface area contributed by atoms with Crippen molar-refractivity contribution in [2.75, 3.05) is 0 Å². The van der Waals surface area contributed by atoms with Crippen molar-refractivity contribution in [3.8, 4) is 17.1 Å². The van der Waals surface area contributed by atoms with Crippen LogP contribution in [0.15, 0.2) is 54.6 Å². The maximum Gasteiger partial charge on any atom is 0.199 e. The van der Waals surface area contributed by atoms with Crippen LogP contribution in [0, 0.1) is 0 Å². The second-order valence-corrected chi connectivity index (χ2v) is 5.28. The van der Waals surface area contributed by atoms with E-state index in [1.807, 2.05) is 54.6 Å². The van der Waals surface area contributed by atoms with Crippen LogP contribution in [-0.2, 0) is 6.61 Å². The fraction of sp³-hybridized carbons (Fsp3) is 0.0556. The number of aromatic hydroxyl groups is 1. The zero-order valence-electron chi connectivity index (χ0n) is 11.7. The zero-order chi connectivity index (χ0) is 15.1. The molecule has 0 unspecified atom stereocenters. The van der Waals surface area contributed by atoms with Crippen molar-refractivity contribution in [3.05, 3.63) is 60.2 Å². The van der Waals surface area contributed by atoms with Crippen LogP contribution in [-0.4, -0.2) is 20.2 Å². The Kier molecular flexibility index (Phi) is 2.84. The van der Waals surface area contributed by atoms with Gasteiger partial charge in [0, 0.05) is 16.3 Å². The van der Waals surface area contributed by atoms with Crippen molar-refractivity contribution in [1.29, 1.82) is 0 Å². The second kappa shape index (κ2) is 4.86. The van der Waals surface area contributed by atoms with Crippen LogP contribution in [0.2, 0.25) is 0 Å². The predicted molar refractivity (Wildman–Crippen MR) is 86.6 cm³/mol. The molecule has 4 aromatic rings. The number of H-pyrrole nitrogens is 1. The third-order valence-electron chi connectivity index (χ3n) is 3.88. The highest BCUT2D eigenvalue weighted by Gasteiger charge is 2.14. The van der Waals surface area contributed by atoms with Crippen LogP contribution in [0.25, 0.3) is 33.1 Å². The quantitative estimate of drug-likeness (QED) is 0.528. The first-order chi connectivity index (χ1) is 10.8. The Morgan fingerprint density at radius 2 is 1.86 bits per heavy atom. The Morgan fingerprint density at radius 3 is 2.73 bits per heavy atom. The smallest absolute Gasteiger partial charge is 0.199 e. The van der Waals surface area contributed by atoms with E-state index in [4.69, 9.17) is 0 Å². The molecular weight excluding hydrogens is 276 g/mol. The van der Waals surface area contributed by atoms with Gasteiger partial charge in [-0.05, 0) is 29.8 Å². The third-order valence-corrected chi connectivity index (χ3v) is 3.88. The van der Waals surface area contributed by atoms with Crippen LogP contribution in [0.3, 0.4) is 0 Å². The average Bonchev–Trinajstić information content (AvgIpc) is 2.89. The molecule has 0 amide bonds. The molecule has 0 atom stereocenters. The normalized spacial score (nSPS) is 11.3. The molecule has 0 bridgehead atoms. The highest BCUT2D eigenvalue weighted by atomic mass is 16.3. The summed E-state index contributed by atoms with van der Waals surface area (Å²) in [6.07, 6.45) is 0. The molecule has 0 fully saturated rings. The van der Waals surface area contributed by atoms with Crippen LogP contribution < -0.4 is 0 Å². The molecule has 4 rings (SSSR count). The first-order valence-corrected chi connectivity index (χ1v) is 7.07. The fourth-order valence-corrected chi connectivity index (χ4v) is 2.80. The maximum absolute atomic E-state index is 10.2. The molecule has 2 aromatic carbocycles. The summed E-state index contributed by atoms with van der Waals surface area (Å²) in [5, 5.41) is 21.3. The molecule has 0 radical (unpaired) electrons. The van der Waals surface area contributed by atoms with Crippen molar-refractivity contribution in [2.24, 2.45) is 0 Å². The lowest BCUT2D eigenvalue weighted by Gasteiger charge is -2.04. The summed E-state index contributed by atoms with van der Waals surface area (Å²) >= 11 is 0. The molecular formula is C18H14N2O2. The minimum Gasteiger partial charge on any atom is -0.494 e. The minimum atomic E-state index is 0.0148. The second-order valence-electron chi connectivity index (χ2n) is 5.28. The van der Waals surface area contributed by atoms with Gasteiger partial charge in [-0.1, -0.05) is 30.3 Å². The Bertz CT molecular complexity index is 989. The zero-order valence-corrected chi connectivity index (χ0v) is 11.7. The van der Waals surface area contributed by atoms with Crippen molar-refractivity contribution in [1.82, 2.24) is 9.97 Å². The first kappa shape index (κ1) is 12.9. The maximum atomic E-state index is 10.2. The molecule has 0 aliphatic heterocycles. The van der Waals surface area contributed by atoms with Gasteiger partial charge in [0.2, 0.25) is 0 Å². The van der Waals surface area contributed by atoms with Gasteiger partial charge in [0.15, 0.2) is 5.88 Å². The van der Waals surface area contributed by atoms with Gasteiger partial charge in [-0.2, -0.15) is 0 Å². The summed E-state index contributed by atoms with van der Waals surface area (Å²) in [5.74, 6) is 0.125. The van der Waals surface area contributed by atoms with Gasteiger partial charge in [-0.3, -0.25) is 0 Å². The van der Waals surface area contributed by atoms with Gasteiger partial charge in [-0.25, -0.2) is 4.98 Å². The van der Waals surface area contributed by atoms with Crippen molar-refractivity contribution < 1.29 is 10.2 Å². The molecule has 22 heavy (non-hydrogen) atoms. The molecule has 0 saturated heterocycles. The van der Waals surface area contributed by atoms with E-state index in [1.54, 1.807) is 0 Å². The monoisotopic (exact) mass is 290 g/mol. The number of aromatic nitrogens is 2. The van der Waals surface area contributed by atoms with Gasteiger partial charge in [0.1, 0.15) is 0 Å². The van der Waals surface area contributed by atoms with Gasteiger partial charge >= 0.3 is 0 Å². The number of nitrogens with zero attached hydrogens (tertiary/aromatic N) is 1. The minimum absolute atomic E-state index is 0.0148. The van der Waals surface area contributed by atoms with Crippen molar-refractivity contribution in [3.63, 3.8) is 0 Å². The first-order valence-electron chi connectivity index (χ1n) is 7.07. The van der Waals surface area contributed by atoms with Crippen molar-refractivity contribution in [2.45, 2.75) is 6.61 Å². The van der Waals surface area contributed by atoms with Gasteiger partial charge < -0.3 is 15.2 Å². The van der Waals surface area contributed by atoms with Crippen LogP contribution in [0.1, 0.15) is 5.56 Å². The van der Waals surface area contributed by atoms with Gasteiger partial charge in [-0.15, -0.1) is 0 Å². The van der Waals surface area contributed by atoms with E-state index in [0.29, 0.717) is 5.56 Å². The largest absolute Gasteiger partial charge is 0.494 e. The topological polar surface area (TPSA) is 69.1 Å². The summed E-state index contributed by atoms with van der Waals surface area (Å²) in [4.78, 5) is 7.62. The van der Waals surface area contributed by atoms with E-state index in [2.05, 4.69) is 9.97 Å². The number of pyridine rings is 1. The summed E-state index contributed by atoms with van der Waals surface area (Å²) in [6, 6.07) is 17.2. The number of para-hydroxylation sites is 1. The lowest BCUT2D eigenvalue weighted by Crippen LogP contribution is -1.88. The standard InChI is InChI=1S/C18H14N2O2/c21-10-11-5-7-14-12(9-11)6-8-16(19-14)17-13-3-1-2-4-15(13)20-18(17)22/h1-9,20-22H,10H2. The summed E-state index contributed by atoms with van der Waals surface area (Å²) in [7, 11) is 0. The van der Waals surface area contributed by atoms with E-state index >= 15 is 0 Å². The molecule has 2 heterocycles. The summed E-state index contributed by atoms with van der Waals surface area (Å²) < 4.78 is 0. The van der Waals surface area contributed by atoms with E-state index in [1.165, 1.54) is 0 Å². The Labute approximate surface area is 126 Å². The van der Waals surface area contributed by atoms with Gasteiger partial charge in [0.05, 0.1) is 23.4 Å². The molecule has 4 heteroatoms. The van der Waals surface area contributed by atoms with Crippen LogP contribution in [0.4, 0.5) is 0 Å². The Hall–Kier alpha value is -2.85. The van der Waals surface area contributed by atoms with E-state index in [-0.39, 0.29) is 12.5 Å². The Morgan fingerprint density at radius 1 is 1.00 bits per heavy atom.